The van der Waals surface area contributed by atoms with E-state index in [2.05, 4.69) is 10.1 Å². The third-order valence-corrected chi connectivity index (χ3v) is 3.48. The van der Waals surface area contributed by atoms with Crippen molar-refractivity contribution in [3.8, 4) is 6.07 Å². The molecule has 16 heavy (non-hydrogen) atoms. The van der Waals surface area contributed by atoms with Crippen LogP contribution in [0.2, 0.25) is 0 Å². The van der Waals surface area contributed by atoms with Gasteiger partial charge in [0, 0.05) is 0 Å². The molecule has 1 unspecified atom stereocenters. The van der Waals surface area contributed by atoms with E-state index in [4.69, 9.17) is 21.8 Å². The van der Waals surface area contributed by atoms with E-state index in [0.717, 1.165) is 0 Å². The summed E-state index contributed by atoms with van der Waals surface area (Å²) in [6.45, 7) is 8.21. The molecule has 0 spiro atoms. The fourth-order valence-corrected chi connectivity index (χ4v) is 2.51. The van der Waals surface area contributed by atoms with Crippen LogP contribution in [0.5, 0.6) is 0 Å². The first-order valence-electron chi connectivity index (χ1n) is 5.10. The molecule has 0 aromatic rings. The monoisotopic (exact) mass is 268 g/mol. The molecule has 0 amide bonds. The van der Waals surface area contributed by atoms with Crippen LogP contribution >= 0.6 is 20.5 Å². The Balaban J connectivity index is 4.87. The number of quaternary nitrogens is 1. The number of halogens is 1. The summed E-state index contributed by atoms with van der Waals surface area (Å²) in [6.07, 6.45) is 0.321. The number of nitrogens with zero attached hydrogens (tertiary/aromatic N) is 2. The molecular weight excluding hydrogens is 251 g/mol. The summed E-state index contributed by atoms with van der Waals surface area (Å²) in [5, 5.41) is 8.64. The van der Waals surface area contributed by atoms with Gasteiger partial charge in [0.2, 0.25) is 0 Å². The van der Waals surface area contributed by atoms with Gasteiger partial charge >= 0.3 is 0 Å². The molecule has 1 atom stereocenters. The van der Waals surface area contributed by atoms with Gasteiger partial charge in [-0.1, -0.05) is 0 Å². The molecule has 0 aliphatic carbocycles. The molecule has 5 nitrogen and oxygen atoms in total. The summed E-state index contributed by atoms with van der Waals surface area (Å²) in [6, 6.07) is 2.17. The summed E-state index contributed by atoms with van der Waals surface area (Å²) < 4.78 is 9.59. The number of hydroxylamine groups is 3. The Morgan fingerprint density at radius 2 is 1.88 bits per heavy atom. The second-order valence-electron chi connectivity index (χ2n) is 4.05. The summed E-state index contributed by atoms with van der Waals surface area (Å²) >= 11 is 5.02. The van der Waals surface area contributed by atoms with Gasteiger partial charge in [-0.3, -0.25) is 0 Å². The minimum atomic E-state index is -2.37. The molecule has 0 N–H and O–H groups in total. The second-order valence-corrected chi connectivity index (χ2v) is 5.21. The maximum atomic E-state index is 11.3. The van der Waals surface area contributed by atoms with Crippen LogP contribution in [0, 0.1) is 11.3 Å². The first-order valence-corrected chi connectivity index (χ1v) is 6.51. The molecule has 0 fully saturated rings. The van der Waals surface area contributed by atoms with Crippen molar-refractivity contribution in [2.75, 3.05) is 6.54 Å². The van der Waals surface area contributed by atoms with Gasteiger partial charge in [-0.15, -0.1) is 0 Å². The average Bonchev–Trinajstić information content (AvgIpc) is 2.22. The van der Waals surface area contributed by atoms with E-state index >= 15 is 0 Å². The lowest BCUT2D eigenvalue weighted by atomic mass is 10.2. The number of rotatable bonds is 7. The maximum absolute atomic E-state index is 11.3. The number of nitriles is 1. The van der Waals surface area contributed by atoms with Crippen molar-refractivity contribution in [2.24, 2.45) is 0 Å². The van der Waals surface area contributed by atoms with Crippen LogP contribution in [0.25, 0.3) is 0 Å². The molecule has 0 rings (SSSR count). The highest BCUT2D eigenvalue weighted by molar-refractivity contribution is 7.39. The molecule has 0 aliphatic rings. The highest BCUT2D eigenvalue weighted by Gasteiger charge is 2.38. The zero-order valence-electron chi connectivity index (χ0n) is 10.0. The van der Waals surface area contributed by atoms with Crippen LogP contribution in [0.3, 0.4) is 0 Å². The highest BCUT2D eigenvalue weighted by atomic mass is 35.5. The summed E-state index contributed by atoms with van der Waals surface area (Å²) in [4.78, 5) is 11.3. The van der Waals surface area contributed by atoms with Gasteiger partial charge < -0.3 is 4.89 Å². The average molecular weight is 269 g/mol. The Hall–Kier alpha value is 0.0500. The lowest BCUT2D eigenvalue weighted by molar-refractivity contribution is -1.11. The Morgan fingerprint density at radius 1 is 1.38 bits per heavy atom. The van der Waals surface area contributed by atoms with Gasteiger partial charge in [-0.25, -0.2) is 4.08 Å². The number of hydrogen-bond donors (Lipinski definition) is 0. The van der Waals surface area contributed by atoms with E-state index < -0.39 is 8.60 Å². The Labute approximate surface area is 103 Å². The van der Waals surface area contributed by atoms with Crippen LogP contribution in [-0.2, 0) is 8.70 Å². The topological polar surface area (TPSA) is 65.3 Å². The van der Waals surface area contributed by atoms with E-state index in [0.29, 0.717) is 13.0 Å². The van der Waals surface area contributed by atoms with Crippen molar-refractivity contribution < 1.29 is 18.2 Å². The molecule has 0 saturated carbocycles. The molecule has 7 heteroatoms. The zero-order chi connectivity index (χ0) is 12.8. The first kappa shape index (κ1) is 16.1. The smallest absolute Gasteiger partial charge is 0.180 e. The minimum absolute atomic E-state index is 0.0547. The predicted molar refractivity (Wildman–Crippen MR) is 60.6 cm³/mol. The van der Waals surface area contributed by atoms with Crippen LogP contribution in [0.15, 0.2) is 0 Å². The quantitative estimate of drug-likeness (QED) is 0.403. The third-order valence-electron chi connectivity index (χ3n) is 2.60. The molecule has 0 saturated heterocycles. The summed E-state index contributed by atoms with van der Waals surface area (Å²) in [7, 11) is -2.37. The van der Waals surface area contributed by atoms with Crippen LogP contribution in [0.1, 0.15) is 34.1 Å². The normalized spacial score (nSPS) is 14.2. The van der Waals surface area contributed by atoms with Gasteiger partial charge in [0.25, 0.3) is 0 Å². The zero-order valence-corrected chi connectivity index (χ0v) is 11.7. The van der Waals surface area contributed by atoms with Crippen molar-refractivity contribution in [3.63, 3.8) is 0 Å². The van der Waals surface area contributed by atoms with E-state index in [9.17, 15) is 4.89 Å². The molecule has 0 bridgehead atoms. The molecule has 94 valence electrons. The molecule has 0 aromatic carbocycles. The van der Waals surface area contributed by atoms with Crippen molar-refractivity contribution >= 4 is 20.5 Å². The Morgan fingerprint density at radius 3 is 2.19 bits per heavy atom. The minimum Gasteiger partial charge on any atom is -0.780 e. The van der Waals surface area contributed by atoms with Crippen molar-refractivity contribution in [1.82, 2.24) is 0 Å². The Bertz CT molecular complexity index is 237. The van der Waals surface area contributed by atoms with Gasteiger partial charge in [0.1, 0.15) is 18.6 Å². The lowest BCUT2D eigenvalue weighted by Gasteiger charge is -2.44. The largest absolute Gasteiger partial charge is 0.780 e. The fraction of sp³-hybridized carbons (Fsp3) is 0.889. The van der Waals surface area contributed by atoms with E-state index in [-0.39, 0.29) is 16.7 Å². The number of hydrogen-bond acceptors (Lipinski definition) is 4. The molecule has 0 aliphatic heterocycles. The summed E-state index contributed by atoms with van der Waals surface area (Å²) in [5.41, 5.74) is 0. The van der Waals surface area contributed by atoms with Crippen LogP contribution in [-0.4, -0.2) is 23.3 Å². The fourth-order valence-electron chi connectivity index (χ4n) is 1.70. The standard InChI is InChI=1S/C9H18ClN2O3P/c1-8(2)12(9(3)4,7-5-6-11)15-16(13)14-10/h8-9H,5,7H2,1-4H3. The predicted octanol–water partition coefficient (Wildman–Crippen LogP) is 2.22. The van der Waals surface area contributed by atoms with Crippen molar-refractivity contribution in [2.45, 2.75) is 46.2 Å². The van der Waals surface area contributed by atoms with Gasteiger partial charge in [0.05, 0.1) is 24.4 Å². The Kier molecular flexibility index (Phi) is 7.41. The van der Waals surface area contributed by atoms with Gasteiger partial charge in [-0.2, -0.15) is 14.5 Å². The van der Waals surface area contributed by atoms with Gasteiger partial charge in [-0.05, 0) is 27.7 Å². The van der Waals surface area contributed by atoms with Crippen LogP contribution in [0.4, 0.5) is 0 Å². The van der Waals surface area contributed by atoms with Gasteiger partial charge in [0.15, 0.2) is 8.60 Å². The molecule has 0 aromatic heterocycles. The van der Waals surface area contributed by atoms with E-state index in [1.807, 2.05) is 27.7 Å². The van der Waals surface area contributed by atoms with Crippen molar-refractivity contribution in [3.05, 3.63) is 0 Å². The molecule has 0 heterocycles. The van der Waals surface area contributed by atoms with E-state index in [1.165, 1.54) is 0 Å². The lowest BCUT2D eigenvalue weighted by Crippen LogP contribution is -2.57. The van der Waals surface area contributed by atoms with Crippen molar-refractivity contribution in [1.29, 1.82) is 5.26 Å². The molecular formula is C9H18ClN2O3P. The highest BCUT2D eigenvalue weighted by Crippen LogP contribution is 2.38. The summed E-state index contributed by atoms with van der Waals surface area (Å²) in [5.74, 6) is 0. The maximum Gasteiger partial charge on any atom is 0.180 e. The molecule has 0 radical (unpaired) electrons. The van der Waals surface area contributed by atoms with Crippen LogP contribution < -0.4 is 4.89 Å². The third kappa shape index (κ3) is 4.14. The SMILES string of the molecule is CC(C)[N+](CCC#N)(OP([O-])OCl)C(C)C. The van der Waals surface area contributed by atoms with E-state index in [1.54, 1.807) is 0 Å². The second kappa shape index (κ2) is 7.39. The first-order chi connectivity index (χ1) is 7.40.